The maximum atomic E-state index is 12.2. The SMILES string of the molecule is C=CCOCC1CC[C@H]2[C@H]1OCCN2C(=O)CNC(C)=O. The molecule has 6 heteroatoms. The van der Waals surface area contributed by atoms with Gasteiger partial charge in [-0.05, 0) is 12.8 Å². The number of hydrogen-bond donors (Lipinski definition) is 1. The predicted octanol–water partition coefficient (Wildman–Crippen LogP) is 0.331. The molecule has 21 heavy (non-hydrogen) atoms. The highest BCUT2D eigenvalue weighted by Gasteiger charge is 2.44. The molecule has 1 aliphatic heterocycles. The van der Waals surface area contributed by atoms with Crippen LogP contribution in [0.3, 0.4) is 0 Å². The number of morpholine rings is 1. The van der Waals surface area contributed by atoms with Crippen molar-refractivity contribution >= 4 is 11.8 Å². The smallest absolute Gasteiger partial charge is 0.242 e. The monoisotopic (exact) mass is 296 g/mol. The van der Waals surface area contributed by atoms with Crippen LogP contribution < -0.4 is 5.32 Å². The first-order valence-electron chi connectivity index (χ1n) is 7.47. The summed E-state index contributed by atoms with van der Waals surface area (Å²) in [6.07, 6.45) is 3.71. The van der Waals surface area contributed by atoms with Gasteiger partial charge in [-0.3, -0.25) is 9.59 Å². The third-order valence-corrected chi connectivity index (χ3v) is 4.10. The van der Waals surface area contributed by atoms with Crippen LogP contribution in [0.15, 0.2) is 12.7 Å². The van der Waals surface area contributed by atoms with Crippen molar-refractivity contribution in [2.45, 2.75) is 31.9 Å². The standard InChI is InChI=1S/C15H24N2O4/c1-3-7-20-10-12-4-5-13-15(12)21-8-6-17(13)14(19)9-16-11(2)18/h3,12-13,15H,1,4-10H2,2H3,(H,16,18)/t12?,13-,15-/m0/s1. The Hall–Kier alpha value is -1.40. The average molecular weight is 296 g/mol. The van der Waals surface area contributed by atoms with Gasteiger partial charge in [-0.25, -0.2) is 0 Å². The first kappa shape index (κ1) is 16.0. The molecule has 2 rings (SSSR count). The maximum absolute atomic E-state index is 12.2. The second kappa shape index (κ2) is 7.56. The lowest BCUT2D eigenvalue weighted by Gasteiger charge is -2.39. The molecular formula is C15H24N2O4. The van der Waals surface area contributed by atoms with Crippen LogP contribution in [0.4, 0.5) is 0 Å². The second-order valence-corrected chi connectivity index (χ2v) is 5.56. The van der Waals surface area contributed by atoms with Crippen LogP contribution in [-0.2, 0) is 19.1 Å². The Bertz CT molecular complexity index is 399. The van der Waals surface area contributed by atoms with E-state index in [1.165, 1.54) is 6.92 Å². The molecule has 1 heterocycles. The largest absolute Gasteiger partial charge is 0.377 e. The third-order valence-electron chi connectivity index (χ3n) is 4.10. The number of amides is 2. The van der Waals surface area contributed by atoms with Crippen LogP contribution in [-0.4, -0.2) is 61.8 Å². The number of fused-ring (bicyclic) bond motifs is 1. The Balaban J connectivity index is 1.89. The van der Waals surface area contributed by atoms with Gasteiger partial charge >= 0.3 is 0 Å². The van der Waals surface area contributed by atoms with Gasteiger partial charge in [0.05, 0.1) is 38.5 Å². The van der Waals surface area contributed by atoms with E-state index in [2.05, 4.69) is 11.9 Å². The Kier molecular flexibility index (Phi) is 5.76. The summed E-state index contributed by atoms with van der Waals surface area (Å²) in [6, 6.07) is 0.109. The lowest BCUT2D eigenvalue weighted by molar-refractivity contribution is -0.147. The number of nitrogens with one attached hydrogen (secondary N) is 1. The fourth-order valence-corrected chi connectivity index (χ4v) is 3.15. The molecule has 1 saturated carbocycles. The van der Waals surface area contributed by atoms with Crippen molar-refractivity contribution in [3.63, 3.8) is 0 Å². The molecule has 0 spiro atoms. The van der Waals surface area contributed by atoms with E-state index in [4.69, 9.17) is 9.47 Å². The minimum atomic E-state index is -0.185. The molecule has 3 atom stereocenters. The Morgan fingerprint density at radius 1 is 1.48 bits per heavy atom. The number of hydrogen-bond acceptors (Lipinski definition) is 4. The van der Waals surface area contributed by atoms with E-state index in [1.807, 2.05) is 4.90 Å². The summed E-state index contributed by atoms with van der Waals surface area (Å²) in [4.78, 5) is 25.0. The van der Waals surface area contributed by atoms with Crippen molar-refractivity contribution < 1.29 is 19.1 Å². The van der Waals surface area contributed by atoms with Gasteiger partial charge in [0.2, 0.25) is 11.8 Å². The summed E-state index contributed by atoms with van der Waals surface area (Å²) in [5, 5.41) is 2.57. The molecule has 0 aromatic heterocycles. The van der Waals surface area contributed by atoms with Crippen molar-refractivity contribution in [2.24, 2.45) is 5.92 Å². The van der Waals surface area contributed by atoms with Crippen LogP contribution in [0.25, 0.3) is 0 Å². The molecule has 0 aromatic rings. The lowest BCUT2D eigenvalue weighted by Crippen LogP contribution is -2.55. The number of ether oxygens (including phenoxy) is 2. The van der Waals surface area contributed by atoms with Crippen molar-refractivity contribution in [1.29, 1.82) is 0 Å². The predicted molar refractivity (Wildman–Crippen MR) is 77.7 cm³/mol. The molecule has 1 aliphatic carbocycles. The highest BCUT2D eigenvalue weighted by atomic mass is 16.5. The summed E-state index contributed by atoms with van der Waals surface area (Å²) in [6.45, 7) is 7.44. The molecule has 2 aliphatic rings. The number of rotatable bonds is 6. The van der Waals surface area contributed by atoms with E-state index in [0.717, 1.165) is 12.8 Å². The van der Waals surface area contributed by atoms with Gasteiger partial charge in [-0.2, -0.15) is 0 Å². The molecule has 1 N–H and O–H groups in total. The first-order chi connectivity index (χ1) is 10.1. The van der Waals surface area contributed by atoms with Crippen LogP contribution in [0.1, 0.15) is 19.8 Å². The van der Waals surface area contributed by atoms with Crippen molar-refractivity contribution in [3.05, 3.63) is 12.7 Å². The van der Waals surface area contributed by atoms with E-state index >= 15 is 0 Å². The summed E-state index contributed by atoms with van der Waals surface area (Å²) >= 11 is 0. The van der Waals surface area contributed by atoms with E-state index < -0.39 is 0 Å². The number of nitrogens with zero attached hydrogens (tertiary/aromatic N) is 1. The minimum absolute atomic E-state index is 0.0313. The van der Waals surface area contributed by atoms with E-state index in [9.17, 15) is 9.59 Å². The van der Waals surface area contributed by atoms with Gasteiger partial charge in [0, 0.05) is 19.4 Å². The molecule has 0 bridgehead atoms. The van der Waals surface area contributed by atoms with Gasteiger partial charge in [0.1, 0.15) is 0 Å². The van der Waals surface area contributed by atoms with Crippen molar-refractivity contribution in [1.82, 2.24) is 10.2 Å². The van der Waals surface area contributed by atoms with Crippen molar-refractivity contribution in [3.8, 4) is 0 Å². The average Bonchev–Trinajstić information content (AvgIpc) is 2.88. The number of carbonyl (C=O) groups is 2. The van der Waals surface area contributed by atoms with Gasteiger partial charge in [-0.1, -0.05) is 6.08 Å². The highest BCUT2D eigenvalue weighted by Crippen LogP contribution is 2.34. The molecular weight excluding hydrogens is 272 g/mol. The summed E-state index contributed by atoms with van der Waals surface area (Å²) < 4.78 is 11.4. The zero-order valence-corrected chi connectivity index (χ0v) is 12.5. The molecule has 0 aromatic carbocycles. The van der Waals surface area contributed by atoms with E-state index in [-0.39, 0.29) is 30.5 Å². The third kappa shape index (κ3) is 4.04. The zero-order valence-electron chi connectivity index (χ0n) is 12.5. The summed E-state index contributed by atoms with van der Waals surface area (Å²) in [5.41, 5.74) is 0. The molecule has 6 nitrogen and oxygen atoms in total. The van der Waals surface area contributed by atoms with Crippen molar-refractivity contribution in [2.75, 3.05) is 32.9 Å². The quantitative estimate of drug-likeness (QED) is 0.566. The molecule has 2 amide bonds. The lowest BCUT2D eigenvalue weighted by atomic mass is 10.0. The Labute approximate surface area is 125 Å². The topological polar surface area (TPSA) is 67.9 Å². The van der Waals surface area contributed by atoms with Gasteiger partial charge in [0.15, 0.2) is 0 Å². The minimum Gasteiger partial charge on any atom is -0.377 e. The highest BCUT2D eigenvalue weighted by molar-refractivity contribution is 5.84. The first-order valence-corrected chi connectivity index (χ1v) is 7.47. The van der Waals surface area contributed by atoms with E-state index in [1.54, 1.807) is 6.08 Å². The molecule has 1 unspecified atom stereocenters. The summed E-state index contributed by atoms with van der Waals surface area (Å²) in [5.74, 6) is 0.109. The molecule has 118 valence electrons. The van der Waals surface area contributed by atoms with Gasteiger partial charge in [0.25, 0.3) is 0 Å². The Morgan fingerprint density at radius 2 is 2.29 bits per heavy atom. The van der Waals surface area contributed by atoms with Gasteiger partial charge in [-0.15, -0.1) is 6.58 Å². The second-order valence-electron chi connectivity index (χ2n) is 5.56. The Morgan fingerprint density at radius 3 is 3.00 bits per heavy atom. The van der Waals surface area contributed by atoms with Gasteiger partial charge < -0.3 is 19.7 Å². The normalized spacial score (nSPS) is 28.0. The van der Waals surface area contributed by atoms with Crippen LogP contribution in [0.2, 0.25) is 0 Å². The van der Waals surface area contributed by atoms with E-state index in [0.29, 0.717) is 32.3 Å². The molecule has 1 saturated heterocycles. The molecule has 0 radical (unpaired) electrons. The summed E-state index contributed by atoms with van der Waals surface area (Å²) in [7, 11) is 0. The fraction of sp³-hybridized carbons (Fsp3) is 0.733. The fourth-order valence-electron chi connectivity index (χ4n) is 3.15. The van der Waals surface area contributed by atoms with Crippen LogP contribution in [0, 0.1) is 5.92 Å². The maximum Gasteiger partial charge on any atom is 0.242 e. The van der Waals surface area contributed by atoms with Crippen LogP contribution in [0.5, 0.6) is 0 Å². The molecule has 2 fully saturated rings. The zero-order chi connectivity index (χ0) is 15.2. The number of carbonyl (C=O) groups excluding carboxylic acids is 2. The van der Waals surface area contributed by atoms with Crippen LogP contribution >= 0.6 is 0 Å².